The predicted molar refractivity (Wildman–Crippen MR) is 86.3 cm³/mol. The van der Waals surface area contributed by atoms with Crippen LogP contribution in [-0.2, 0) is 16.1 Å². The lowest BCUT2D eigenvalue weighted by molar-refractivity contribution is -0.142. The summed E-state index contributed by atoms with van der Waals surface area (Å²) in [5, 5.41) is 0. The van der Waals surface area contributed by atoms with Gasteiger partial charge in [0.2, 0.25) is 0 Å². The molecule has 0 spiro atoms. The minimum absolute atomic E-state index is 0.240. The summed E-state index contributed by atoms with van der Waals surface area (Å²) < 4.78 is 5.21. The molecule has 110 valence electrons. The van der Waals surface area contributed by atoms with Crippen molar-refractivity contribution in [2.75, 3.05) is 0 Å². The van der Waals surface area contributed by atoms with Gasteiger partial charge in [-0.05, 0) is 66.6 Å². The fourth-order valence-electron chi connectivity index (χ4n) is 2.82. The first-order valence-electron chi connectivity index (χ1n) is 7.21. The topological polar surface area (TPSA) is 26.3 Å². The van der Waals surface area contributed by atoms with Crippen molar-refractivity contribution in [1.82, 2.24) is 0 Å². The molecule has 0 aromatic heterocycles. The van der Waals surface area contributed by atoms with Crippen LogP contribution in [0.2, 0.25) is 0 Å². The summed E-state index contributed by atoms with van der Waals surface area (Å²) in [7, 11) is 0. The smallest absolute Gasteiger partial charge is 0.302 e. The third-order valence-electron chi connectivity index (χ3n) is 4.26. The van der Waals surface area contributed by atoms with Crippen molar-refractivity contribution in [3.63, 3.8) is 0 Å². The number of ether oxygens (including phenoxy) is 1. The zero-order valence-corrected chi connectivity index (χ0v) is 13.4. The second kappa shape index (κ2) is 6.13. The Hall–Kier alpha value is -2.09. The summed E-state index contributed by atoms with van der Waals surface area (Å²) in [4.78, 5) is 11.1. The quantitative estimate of drug-likeness (QED) is 0.766. The van der Waals surface area contributed by atoms with Gasteiger partial charge in [-0.3, -0.25) is 4.79 Å². The van der Waals surface area contributed by atoms with E-state index in [1.165, 1.54) is 40.3 Å². The fraction of sp³-hybridized carbons (Fsp3) is 0.316. The number of hydrogen-bond acceptors (Lipinski definition) is 2. The highest BCUT2D eigenvalue weighted by Crippen LogP contribution is 2.34. The molecule has 0 atom stereocenters. The van der Waals surface area contributed by atoms with E-state index in [0.717, 1.165) is 5.56 Å². The van der Waals surface area contributed by atoms with E-state index in [2.05, 4.69) is 52.0 Å². The lowest BCUT2D eigenvalue weighted by atomic mass is 9.86. The van der Waals surface area contributed by atoms with Crippen LogP contribution in [0.15, 0.2) is 30.3 Å². The summed E-state index contributed by atoms with van der Waals surface area (Å²) in [6.45, 7) is 10.3. The third-order valence-corrected chi connectivity index (χ3v) is 4.26. The molecule has 0 saturated heterocycles. The Labute approximate surface area is 126 Å². The molecule has 0 saturated carbocycles. The number of rotatable bonds is 3. The highest BCUT2D eigenvalue weighted by Gasteiger charge is 2.16. The molecule has 0 N–H and O–H groups in total. The summed E-state index contributed by atoms with van der Waals surface area (Å²) in [6, 6.07) is 10.4. The minimum atomic E-state index is -0.240. The zero-order chi connectivity index (χ0) is 15.6. The van der Waals surface area contributed by atoms with E-state index in [4.69, 9.17) is 4.74 Å². The Kier molecular flexibility index (Phi) is 4.46. The molecule has 0 aliphatic heterocycles. The first-order chi connectivity index (χ1) is 9.93. The molecule has 2 aromatic carbocycles. The summed E-state index contributed by atoms with van der Waals surface area (Å²) in [5.74, 6) is -0.240. The zero-order valence-electron chi connectivity index (χ0n) is 13.4. The average molecular weight is 282 g/mol. The van der Waals surface area contributed by atoms with Gasteiger partial charge in [-0.25, -0.2) is 0 Å². The average Bonchev–Trinajstić information content (AvgIpc) is 2.46. The van der Waals surface area contributed by atoms with E-state index in [1.54, 1.807) is 0 Å². The van der Waals surface area contributed by atoms with E-state index in [9.17, 15) is 4.79 Å². The van der Waals surface area contributed by atoms with Crippen molar-refractivity contribution in [3.05, 3.63) is 58.1 Å². The Bertz CT molecular complexity index is 641. The number of carbonyl (C=O) groups excluding carboxylic acids is 1. The predicted octanol–water partition coefficient (Wildman–Crippen LogP) is 4.65. The standard InChI is InChI=1S/C19H22O2/c1-12-14(3)19(17-9-7-6-8-10-17)15(4)13(2)18(12)11-21-16(5)20/h6-10H,11H2,1-5H3. The van der Waals surface area contributed by atoms with Crippen LogP contribution in [0, 0.1) is 27.7 Å². The molecule has 2 nitrogen and oxygen atoms in total. The van der Waals surface area contributed by atoms with Crippen LogP contribution in [0.5, 0.6) is 0 Å². The lowest BCUT2D eigenvalue weighted by Crippen LogP contribution is -2.07. The molecule has 0 bridgehead atoms. The summed E-state index contributed by atoms with van der Waals surface area (Å²) in [5.41, 5.74) is 8.57. The Morgan fingerprint density at radius 2 is 1.43 bits per heavy atom. The SMILES string of the molecule is CC(=O)OCc1c(C)c(C)c(-c2ccccc2)c(C)c1C. The van der Waals surface area contributed by atoms with Gasteiger partial charge < -0.3 is 4.74 Å². The molecule has 0 heterocycles. The fourth-order valence-corrected chi connectivity index (χ4v) is 2.82. The van der Waals surface area contributed by atoms with E-state index >= 15 is 0 Å². The van der Waals surface area contributed by atoms with Crippen LogP contribution < -0.4 is 0 Å². The highest BCUT2D eigenvalue weighted by atomic mass is 16.5. The maximum absolute atomic E-state index is 11.1. The van der Waals surface area contributed by atoms with Crippen LogP contribution in [-0.4, -0.2) is 5.97 Å². The maximum atomic E-state index is 11.1. The van der Waals surface area contributed by atoms with Crippen LogP contribution >= 0.6 is 0 Å². The Balaban J connectivity index is 2.59. The molecule has 0 aliphatic rings. The molecule has 0 amide bonds. The van der Waals surface area contributed by atoms with Crippen LogP contribution in [0.1, 0.15) is 34.7 Å². The molecule has 2 aromatic rings. The Morgan fingerprint density at radius 3 is 1.90 bits per heavy atom. The van der Waals surface area contributed by atoms with Crippen molar-refractivity contribution in [3.8, 4) is 11.1 Å². The van der Waals surface area contributed by atoms with Crippen LogP contribution in [0.3, 0.4) is 0 Å². The third kappa shape index (κ3) is 2.99. The van der Waals surface area contributed by atoms with Crippen molar-refractivity contribution >= 4 is 5.97 Å². The highest BCUT2D eigenvalue weighted by molar-refractivity contribution is 5.74. The minimum Gasteiger partial charge on any atom is -0.461 e. The van der Waals surface area contributed by atoms with Gasteiger partial charge in [0.25, 0.3) is 0 Å². The van der Waals surface area contributed by atoms with Gasteiger partial charge >= 0.3 is 5.97 Å². The lowest BCUT2D eigenvalue weighted by Gasteiger charge is -2.20. The normalized spacial score (nSPS) is 10.5. The first kappa shape index (κ1) is 15.3. The molecule has 2 rings (SSSR count). The van der Waals surface area contributed by atoms with Crippen molar-refractivity contribution < 1.29 is 9.53 Å². The molecule has 0 aliphatic carbocycles. The van der Waals surface area contributed by atoms with Gasteiger partial charge in [-0.1, -0.05) is 30.3 Å². The number of esters is 1. The molecule has 0 fully saturated rings. The van der Waals surface area contributed by atoms with Crippen molar-refractivity contribution in [2.24, 2.45) is 0 Å². The molecule has 0 radical (unpaired) electrons. The summed E-state index contributed by atoms with van der Waals surface area (Å²) >= 11 is 0. The van der Waals surface area contributed by atoms with Gasteiger partial charge in [0.05, 0.1) is 0 Å². The maximum Gasteiger partial charge on any atom is 0.302 e. The molecule has 0 unspecified atom stereocenters. The second-order valence-electron chi connectivity index (χ2n) is 5.50. The van der Waals surface area contributed by atoms with E-state index in [-0.39, 0.29) is 5.97 Å². The van der Waals surface area contributed by atoms with E-state index in [1.807, 2.05) is 6.07 Å². The molecular weight excluding hydrogens is 260 g/mol. The van der Waals surface area contributed by atoms with Gasteiger partial charge in [-0.15, -0.1) is 0 Å². The first-order valence-corrected chi connectivity index (χ1v) is 7.21. The summed E-state index contributed by atoms with van der Waals surface area (Å²) in [6.07, 6.45) is 0. The van der Waals surface area contributed by atoms with Gasteiger partial charge in [0, 0.05) is 6.92 Å². The number of carbonyl (C=O) groups is 1. The number of benzene rings is 2. The van der Waals surface area contributed by atoms with E-state index in [0.29, 0.717) is 6.61 Å². The van der Waals surface area contributed by atoms with Crippen LogP contribution in [0.25, 0.3) is 11.1 Å². The molecule has 2 heteroatoms. The van der Waals surface area contributed by atoms with Gasteiger partial charge in [0.1, 0.15) is 6.61 Å². The monoisotopic (exact) mass is 282 g/mol. The molecule has 21 heavy (non-hydrogen) atoms. The van der Waals surface area contributed by atoms with Gasteiger partial charge in [-0.2, -0.15) is 0 Å². The Morgan fingerprint density at radius 1 is 0.905 bits per heavy atom. The second-order valence-corrected chi connectivity index (χ2v) is 5.50. The van der Waals surface area contributed by atoms with Gasteiger partial charge in [0.15, 0.2) is 0 Å². The number of hydrogen-bond donors (Lipinski definition) is 0. The largest absolute Gasteiger partial charge is 0.461 e. The van der Waals surface area contributed by atoms with E-state index < -0.39 is 0 Å². The van der Waals surface area contributed by atoms with Crippen molar-refractivity contribution in [1.29, 1.82) is 0 Å². The molecular formula is C19H22O2. The van der Waals surface area contributed by atoms with Crippen LogP contribution in [0.4, 0.5) is 0 Å². The van der Waals surface area contributed by atoms with Crippen molar-refractivity contribution in [2.45, 2.75) is 41.2 Å².